The lowest BCUT2D eigenvalue weighted by Gasteiger charge is -2.15. The van der Waals surface area contributed by atoms with E-state index in [0.717, 1.165) is 5.56 Å². The molecular weight excluding hydrogens is 261 g/mol. The summed E-state index contributed by atoms with van der Waals surface area (Å²) in [5.74, 6) is -1.18. The summed E-state index contributed by atoms with van der Waals surface area (Å²) >= 11 is 0. The van der Waals surface area contributed by atoms with Crippen LogP contribution >= 0.6 is 0 Å². The second-order valence-corrected chi connectivity index (χ2v) is 4.43. The molecule has 0 bridgehead atoms. The van der Waals surface area contributed by atoms with Crippen LogP contribution in [0.15, 0.2) is 36.7 Å². The van der Waals surface area contributed by atoms with Crippen molar-refractivity contribution in [3.8, 4) is 0 Å². The number of halogens is 1. The molecule has 0 saturated heterocycles. The fraction of sp³-hybridized carbons (Fsp3) is 0.214. The molecule has 1 heterocycles. The van der Waals surface area contributed by atoms with Gasteiger partial charge >= 0.3 is 5.97 Å². The number of benzene rings is 1. The average Bonchev–Trinajstić information content (AvgIpc) is 2.41. The second kappa shape index (κ2) is 6.10. The first-order valence-corrected chi connectivity index (χ1v) is 6.11. The van der Waals surface area contributed by atoms with Crippen molar-refractivity contribution in [2.75, 3.05) is 5.32 Å². The zero-order valence-corrected chi connectivity index (χ0v) is 10.9. The molecule has 0 radical (unpaired) electrons. The van der Waals surface area contributed by atoms with Crippen LogP contribution in [0.2, 0.25) is 0 Å². The summed E-state index contributed by atoms with van der Waals surface area (Å²) in [6.45, 7) is 1.89. The van der Waals surface area contributed by atoms with Gasteiger partial charge in [0.1, 0.15) is 5.82 Å². The van der Waals surface area contributed by atoms with E-state index in [0.29, 0.717) is 6.42 Å². The van der Waals surface area contributed by atoms with Gasteiger partial charge < -0.3 is 10.4 Å². The minimum Gasteiger partial charge on any atom is -0.476 e. The van der Waals surface area contributed by atoms with Gasteiger partial charge in [-0.05, 0) is 31.0 Å². The van der Waals surface area contributed by atoms with Crippen molar-refractivity contribution in [2.45, 2.75) is 19.4 Å². The lowest BCUT2D eigenvalue weighted by atomic mass is 10.1. The van der Waals surface area contributed by atoms with Crippen LogP contribution in [0.4, 0.5) is 10.2 Å². The van der Waals surface area contributed by atoms with E-state index < -0.39 is 5.97 Å². The number of carbonyl (C=O) groups is 1. The largest absolute Gasteiger partial charge is 0.476 e. The molecule has 5 nitrogen and oxygen atoms in total. The molecule has 1 unspecified atom stereocenters. The maximum Gasteiger partial charge on any atom is 0.358 e. The van der Waals surface area contributed by atoms with Gasteiger partial charge in [0.25, 0.3) is 0 Å². The molecule has 20 heavy (non-hydrogen) atoms. The Morgan fingerprint density at radius 1 is 1.30 bits per heavy atom. The van der Waals surface area contributed by atoms with Crippen molar-refractivity contribution in [3.05, 3.63) is 53.7 Å². The normalized spacial score (nSPS) is 11.9. The summed E-state index contributed by atoms with van der Waals surface area (Å²) in [6.07, 6.45) is 3.38. The van der Waals surface area contributed by atoms with Gasteiger partial charge in [0.2, 0.25) is 0 Å². The number of hydrogen-bond acceptors (Lipinski definition) is 4. The first-order valence-electron chi connectivity index (χ1n) is 6.11. The maximum absolute atomic E-state index is 12.8. The van der Waals surface area contributed by atoms with Gasteiger partial charge in [0, 0.05) is 18.4 Å². The molecule has 0 aliphatic rings. The summed E-state index contributed by atoms with van der Waals surface area (Å²) in [4.78, 5) is 18.8. The Bertz CT molecular complexity index is 602. The third-order valence-corrected chi connectivity index (χ3v) is 2.74. The van der Waals surface area contributed by atoms with Gasteiger partial charge in [-0.15, -0.1) is 0 Å². The molecule has 0 aliphatic heterocycles. The monoisotopic (exact) mass is 275 g/mol. The number of carboxylic acid groups (broad SMARTS) is 1. The fourth-order valence-corrected chi connectivity index (χ4v) is 1.86. The Hall–Kier alpha value is -2.50. The molecule has 0 amide bonds. The highest BCUT2D eigenvalue weighted by Gasteiger charge is 2.14. The van der Waals surface area contributed by atoms with Crippen molar-refractivity contribution in [1.29, 1.82) is 0 Å². The van der Waals surface area contributed by atoms with Crippen LogP contribution < -0.4 is 5.32 Å². The maximum atomic E-state index is 12.8. The van der Waals surface area contributed by atoms with Crippen LogP contribution in [-0.4, -0.2) is 27.1 Å². The first-order chi connectivity index (χ1) is 9.56. The number of aromatic nitrogens is 2. The summed E-state index contributed by atoms with van der Waals surface area (Å²) in [7, 11) is 0. The molecule has 6 heteroatoms. The molecule has 0 aliphatic carbocycles. The molecule has 2 N–H and O–H groups in total. The van der Waals surface area contributed by atoms with Gasteiger partial charge in [-0.2, -0.15) is 0 Å². The van der Waals surface area contributed by atoms with E-state index in [1.807, 2.05) is 6.92 Å². The summed E-state index contributed by atoms with van der Waals surface area (Å²) in [5, 5.41) is 12.0. The third kappa shape index (κ3) is 3.50. The predicted octanol–water partition coefficient (Wildman–Crippen LogP) is 2.36. The van der Waals surface area contributed by atoms with E-state index >= 15 is 0 Å². The topological polar surface area (TPSA) is 75.1 Å². The highest BCUT2D eigenvalue weighted by Crippen LogP contribution is 2.12. The van der Waals surface area contributed by atoms with Gasteiger partial charge in [-0.3, -0.25) is 0 Å². The Labute approximate surface area is 115 Å². The molecule has 2 aromatic rings. The fourth-order valence-electron chi connectivity index (χ4n) is 1.86. The quantitative estimate of drug-likeness (QED) is 0.876. The number of anilines is 1. The van der Waals surface area contributed by atoms with Crippen molar-refractivity contribution in [3.63, 3.8) is 0 Å². The number of carboxylic acids is 1. The van der Waals surface area contributed by atoms with Crippen LogP contribution in [0.5, 0.6) is 0 Å². The number of nitrogens with one attached hydrogen (secondary N) is 1. The van der Waals surface area contributed by atoms with E-state index in [9.17, 15) is 9.18 Å². The lowest BCUT2D eigenvalue weighted by Crippen LogP contribution is -2.21. The van der Waals surface area contributed by atoms with E-state index in [1.54, 1.807) is 12.1 Å². The van der Waals surface area contributed by atoms with Crippen LogP contribution in [0.25, 0.3) is 0 Å². The van der Waals surface area contributed by atoms with Gasteiger partial charge in [-0.25, -0.2) is 19.2 Å². The van der Waals surface area contributed by atoms with E-state index in [-0.39, 0.29) is 23.4 Å². The number of nitrogens with zero attached hydrogens (tertiary/aromatic N) is 2. The van der Waals surface area contributed by atoms with Crippen LogP contribution in [0.3, 0.4) is 0 Å². The smallest absolute Gasteiger partial charge is 0.358 e. The van der Waals surface area contributed by atoms with Gasteiger partial charge in [0.15, 0.2) is 11.5 Å². The summed E-state index contributed by atoms with van der Waals surface area (Å²) in [5.41, 5.74) is 0.839. The predicted molar refractivity (Wildman–Crippen MR) is 72.2 cm³/mol. The highest BCUT2D eigenvalue weighted by molar-refractivity contribution is 5.90. The highest BCUT2D eigenvalue weighted by atomic mass is 19.1. The first kappa shape index (κ1) is 13.9. The number of aromatic carboxylic acids is 1. The Kier molecular flexibility index (Phi) is 4.24. The molecule has 104 valence electrons. The minimum atomic E-state index is -1.13. The zero-order chi connectivity index (χ0) is 14.5. The lowest BCUT2D eigenvalue weighted by molar-refractivity contribution is 0.0691. The van der Waals surface area contributed by atoms with Crippen molar-refractivity contribution in [1.82, 2.24) is 9.97 Å². The number of hydrogen-bond donors (Lipinski definition) is 2. The van der Waals surface area contributed by atoms with E-state index in [4.69, 9.17) is 5.11 Å². The second-order valence-electron chi connectivity index (χ2n) is 4.43. The van der Waals surface area contributed by atoms with E-state index in [2.05, 4.69) is 15.3 Å². The van der Waals surface area contributed by atoms with Crippen LogP contribution in [-0.2, 0) is 6.42 Å². The standard InChI is InChI=1S/C14H14FN3O2/c1-9(8-10-2-4-11(15)5-3-10)18-13-12(14(19)20)16-6-7-17-13/h2-7,9H,8H2,1H3,(H,17,18)(H,19,20). The Morgan fingerprint density at radius 2 is 1.95 bits per heavy atom. The third-order valence-electron chi connectivity index (χ3n) is 2.74. The summed E-state index contributed by atoms with van der Waals surface area (Å²) in [6, 6.07) is 6.13. The molecule has 2 rings (SSSR count). The average molecular weight is 275 g/mol. The minimum absolute atomic E-state index is 0.0599. The zero-order valence-electron chi connectivity index (χ0n) is 10.9. The molecule has 0 fully saturated rings. The molecule has 1 aromatic carbocycles. The van der Waals surface area contributed by atoms with Crippen LogP contribution in [0.1, 0.15) is 23.0 Å². The van der Waals surface area contributed by atoms with Gasteiger partial charge in [-0.1, -0.05) is 12.1 Å². The Balaban J connectivity index is 2.06. The molecule has 1 atom stereocenters. The molecule has 1 aromatic heterocycles. The van der Waals surface area contributed by atoms with Crippen molar-refractivity contribution in [2.24, 2.45) is 0 Å². The molecule has 0 saturated carbocycles. The Morgan fingerprint density at radius 3 is 2.60 bits per heavy atom. The van der Waals surface area contributed by atoms with Gasteiger partial charge in [0.05, 0.1) is 0 Å². The molecule has 0 spiro atoms. The van der Waals surface area contributed by atoms with Crippen LogP contribution in [0, 0.1) is 5.82 Å². The van der Waals surface area contributed by atoms with Crippen molar-refractivity contribution >= 4 is 11.8 Å². The SMILES string of the molecule is CC(Cc1ccc(F)cc1)Nc1nccnc1C(=O)O. The summed E-state index contributed by atoms with van der Waals surface area (Å²) < 4.78 is 12.8. The number of rotatable bonds is 5. The van der Waals surface area contributed by atoms with Crippen molar-refractivity contribution < 1.29 is 14.3 Å². The van der Waals surface area contributed by atoms with E-state index in [1.165, 1.54) is 24.5 Å². The molecular formula is C14H14FN3O2.